The monoisotopic (exact) mass is 252 g/mol. The lowest BCUT2D eigenvalue weighted by Crippen LogP contribution is -2.10. The summed E-state index contributed by atoms with van der Waals surface area (Å²) in [6.07, 6.45) is 0. The van der Waals surface area contributed by atoms with Crippen molar-refractivity contribution in [2.24, 2.45) is 5.84 Å². The summed E-state index contributed by atoms with van der Waals surface area (Å²) in [4.78, 5) is 19.5. The van der Waals surface area contributed by atoms with Crippen LogP contribution in [-0.2, 0) is 4.74 Å². The number of hydrogen-bond donors (Lipinski definition) is 2. The highest BCUT2D eigenvalue weighted by Crippen LogP contribution is 2.21. The van der Waals surface area contributed by atoms with Crippen LogP contribution in [0.4, 0.5) is 5.82 Å². The first-order valence-corrected chi connectivity index (χ1v) is 5.05. The first kappa shape index (κ1) is 11.6. The third-order valence-electron chi connectivity index (χ3n) is 2.18. The van der Waals surface area contributed by atoms with Gasteiger partial charge in [0.1, 0.15) is 0 Å². The SMILES string of the molecule is COC(=O)c1ccc2nc(NN)c(Cl)nc2c1. The number of nitrogens with zero attached hydrogens (tertiary/aromatic N) is 2. The van der Waals surface area contributed by atoms with Gasteiger partial charge in [-0.15, -0.1) is 0 Å². The lowest BCUT2D eigenvalue weighted by molar-refractivity contribution is 0.0601. The van der Waals surface area contributed by atoms with Gasteiger partial charge in [-0.2, -0.15) is 0 Å². The third kappa shape index (κ3) is 2.13. The minimum absolute atomic E-state index is 0.141. The molecule has 1 aromatic heterocycles. The van der Waals surface area contributed by atoms with E-state index in [9.17, 15) is 4.79 Å². The van der Waals surface area contributed by atoms with E-state index in [0.717, 1.165) is 0 Å². The molecular formula is C10H9ClN4O2. The number of hydrazine groups is 1. The Labute approximate surface area is 102 Å². The molecule has 0 unspecified atom stereocenters. The predicted molar refractivity (Wildman–Crippen MR) is 63.7 cm³/mol. The number of halogens is 1. The Morgan fingerprint density at radius 2 is 2.18 bits per heavy atom. The van der Waals surface area contributed by atoms with Gasteiger partial charge < -0.3 is 10.2 Å². The zero-order valence-electron chi connectivity index (χ0n) is 8.90. The molecule has 0 amide bonds. The Morgan fingerprint density at radius 3 is 2.82 bits per heavy atom. The number of esters is 1. The molecule has 0 radical (unpaired) electrons. The topological polar surface area (TPSA) is 90.1 Å². The van der Waals surface area contributed by atoms with Gasteiger partial charge in [-0.1, -0.05) is 11.6 Å². The van der Waals surface area contributed by atoms with Gasteiger partial charge in [0.2, 0.25) is 0 Å². The molecule has 1 aromatic carbocycles. The van der Waals surface area contributed by atoms with E-state index in [1.807, 2.05) is 0 Å². The molecule has 7 heteroatoms. The lowest BCUT2D eigenvalue weighted by atomic mass is 10.2. The fourth-order valence-electron chi connectivity index (χ4n) is 1.37. The fourth-order valence-corrected chi connectivity index (χ4v) is 1.56. The van der Waals surface area contributed by atoms with Crippen molar-refractivity contribution in [1.29, 1.82) is 0 Å². The molecule has 0 atom stereocenters. The average molecular weight is 253 g/mol. The van der Waals surface area contributed by atoms with Crippen molar-refractivity contribution in [3.63, 3.8) is 0 Å². The van der Waals surface area contributed by atoms with E-state index in [0.29, 0.717) is 16.6 Å². The minimum Gasteiger partial charge on any atom is -0.465 e. The van der Waals surface area contributed by atoms with Crippen LogP contribution >= 0.6 is 11.6 Å². The van der Waals surface area contributed by atoms with Crippen LogP contribution in [0.5, 0.6) is 0 Å². The zero-order chi connectivity index (χ0) is 12.4. The summed E-state index contributed by atoms with van der Waals surface area (Å²) in [5.41, 5.74) is 3.80. The number of aromatic nitrogens is 2. The molecule has 1 heterocycles. The predicted octanol–water partition coefficient (Wildman–Crippen LogP) is 1.36. The highest BCUT2D eigenvalue weighted by molar-refractivity contribution is 6.32. The number of nitrogens with one attached hydrogen (secondary N) is 1. The maximum Gasteiger partial charge on any atom is 0.337 e. The van der Waals surface area contributed by atoms with Gasteiger partial charge in [0.25, 0.3) is 0 Å². The highest BCUT2D eigenvalue weighted by atomic mass is 35.5. The van der Waals surface area contributed by atoms with Gasteiger partial charge in [0.05, 0.1) is 23.7 Å². The number of ether oxygens (including phenoxy) is 1. The number of nitrogens with two attached hydrogens (primary N) is 1. The van der Waals surface area contributed by atoms with Crippen molar-refractivity contribution < 1.29 is 9.53 Å². The van der Waals surface area contributed by atoms with Gasteiger partial charge in [-0.05, 0) is 18.2 Å². The standard InChI is InChI=1S/C10H9ClN4O2/c1-17-10(16)5-2-3-6-7(4-5)13-8(11)9(14-6)15-12/h2-4H,12H2,1H3,(H,14,15). The van der Waals surface area contributed by atoms with Crippen molar-refractivity contribution in [2.45, 2.75) is 0 Å². The second-order valence-corrected chi connectivity index (χ2v) is 3.56. The molecule has 0 saturated heterocycles. The molecule has 17 heavy (non-hydrogen) atoms. The number of rotatable bonds is 2. The highest BCUT2D eigenvalue weighted by Gasteiger charge is 2.09. The molecular weight excluding hydrogens is 244 g/mol. The summed E-state index contributed by atoms with van der Waals surface area (Å²) in [6.45, 7) is 0. The number of anilines is 1. The van der Waals surface area contributed by atoms with Gasteiger partial charge in [0.15, 0.2) is 11.0 Å². The number of carbonyl (C=O) groups excluding carboxylic acids is 1. The van der Waals surface area contributed by atoms with Crippen LogP contribution in [-0.4, -0.2) is 23.0 Å². The Balaban J connectivity index is 2.59. The molecule has 0 aliphatic rings. The normalized spacial score (nSPS) is 10.3. The van der Waals surface area contributed by atoms with Gasteiger partial charge >= 0.3 is 5.97 Å². The summed E-state index contributed by atoms with van der Waals surface area (Å²) in [5, 5.41) is 0.141. The molecule has 0 bridgehead atoms. The molecule has 3 N–H and O–H groups in total. The molecule has 2 rings (SSSR count). The number of hydrogen-bond acceptors (Lipinski definition) is 6. The number of fused-ring (bicyclic) bond motifs is 1. The molecule has 0 aliphatic heterocycles. The van der Waals surface area contributed by atoms with Gasteiger partial charge in [-0.3, -0.25) is 0 Å². The van der Waals surface area contributed by atoms with Crippen molar-refractivity contribution >= 4 is 34.4 Å². The Kier molecular flexibility index (Phi) is 3.08. The number of methoxy groups -OCH3 is 1. The molecule has 0 spiro atoms. The second kappa shape index (κ2) is 4.52. The smallest absolute Gasteiger partial charge is 0.337 e. The van der Waals surface area contributed by atoms with E-state index in [-0.39, 0.29) is 11.0 Å². The minimum atomic E-state index is -0.439. The van der Waals surface area contributed by atoms with E-state index >= 15 is 0 Å². The quantitative estimate of drug-likeness (QED) is 0.476. The molecule has 0 saturated carbocycles. The summed E-state index contributed by atoms with van der Waals surface area (Å²) >= 11 is 5.84. The Bertz CT molecular complexity index is 588. The number of nitrogen functional groups attached to an aromatic ring is 1. The van der Waals surface area contributed by atoms with Gasteiger partial charge in [-0.25, -0.2) is 20.6 Å². The van der Waals surface area contributed by atoms with Crippen LogP contribution in [0.15, 0.2) is 18.2 Å². The van der Waals surface area contributed by atoms with Crippen molar-refractivity contribution in [3.05, 3.63) is 28.9 Å². The maximum atomic E-state index is 11.3. The molecule has 88 valence electrons. The zero-order valence-corrected chi connectivity index (χ0v) is 9.65. The maximum absolute atomic E-state index is 11.3. The Hall–Kier alpha value is -1.92. The summed E-state index contributed by atoms with van der Waals surface area (Å²) in [7, 11) is 1.31. The van der Waals surface area contributed by atoms with Crippen LogP contribution in [0.25, 0.3) is 11.0 Å². The van der Waals surface area contributed by atoms with Crippen LogP contribution < -0.4 is 11.3 Å². The molecule has 0 fully saturated rings. The fraction of sp³-hybridized carbons (Fsp3) is 0.100. The van der Waals surface area contributed by atoms with Gasteiger partial charge in [0, 0.05) is 0 Å². The van der Waals surface area contributed by atoms with E-state index in [1.165, 1.54) is 7.11 Å². The summed E-state index contributed by atoms with van der Waals surface area (Å²) in [6, 6.07) is 4.79. The number of carbonyl (C=O) groups is 1. The van der Waals surface area contributed by atoms with Crippen LogP contribution in [0.1, 0.15) is 10.4 Å². The number of benzene rings is 1. The van der Waals surface area contributed by atoms with E-state index in [4.69, 9.17) is 17.4 Å². The van der Waals surface area contributed by atoms with Crippen LogP contribution in [0.3, 0.4) is 0 Å². The molecule has 2 aromatic rings. The first-order valence-electron chi connectivity index (χ1n) is 4.68. The summed E-state index contributed by atoms with van der Waals surface area (Å²) < 4.78 is 4.61. The van der Waals surface area contributed by atoms with Crippen LogP contribution in [0, 0.1) is 0 Å². The largest absolute Gasteiger partial charge is 0.465 e. The second-order valence-electron chi connectivity index (χ2n) is 3.20. The van der Waals surface area contributed by atoms with Crippen molar-refractivity contribution in [1.82, 2.24) is 9.97 Å². The Morgan fingerprint density at radius 1 is 1.41 bits per heavy atom. The average Bonchev–Trinajstić information content (AvgIpc) is 2.36. The van der Waals surface area contributed by atoms with E-state index in [1.54, 1.807) is 18.2 Å². The van der Waals surface area contributed by atoms with E-state index < -0.39 is 5.97 Å². The van der Waals surface area contributed by atoms with E-state index in [2.05, 4.69) is 20.1 Å². The first-order chi connectivity index (χ1) is 8.15. The molecule has 0 aliphatic carbocycles. The lowest BCUT2D eigenvalue weighted by Gasteiger charge is -2.05. The third-order valence-corrected chi connectivity index (χ3v) is 2.44. The summed E-state index contributed by atoms with van der Waals surface area (Å²) in [5.74, 6) is 5.07. The van der Waals surface area contributed by atoms with Crippen molar-refractivity contribution in [2.75, 3.05) is 12.5 Å². The van der Waals surface area contributed by atoms with Crippen molar-refractivity contribution in [3.8, 4) is 0 Å². The molecule has 6 nitrogen and oxygen atoms in total. The van der Waals surface area contributed by atoms with Crippen LogP contribution in [0.2, 0.25) is 5.15 Å².